The van der Waals surface area contributed by atoms with Crippen LogP contribution in [0.25, 0.3) is 0 Å². The Bertz CT molecular complexity index is 804. The van der Waals surface area contributed by atoms with Crippen molar-refractivity contribution in [2.45, 2.75) is 26.2 Å². The smallest absolute Gasteiger partial charge is 0.341 e. The van der Waals surface area contributed by atoms with E-state index in [-0.39, 0.29) is 5.97 Å². The molecule has 0 aliphatic carbocycles. The number of hydrogen-bond acceptors (Lipinski definition) is 3. The standard InChI is InChI=1S/C22H22O3/c1-2-24-22(23)20-16-19(14-13-17-9-5-3-6-10-17)25-21(20)15-18-11-7-4-8-12-18/h3-12,16H,2,13-15H2,1H3. The molecule has 3 rings (SSSR count). The zero-order valence-electron chi connectivity index (χ0n) is 14.4. The minimum absolute atomic E-state index is 0.317. The molecule has 0 atom stereocenters. The molecule has 0 saturated heterocycles. The van der Waals surface area contributed by atoms with Crippen LogP contribution in [0.15, 0.2) is 71.1 Å². The maximum atomic E-state index is 12.3. The molecular weight excluding hydrogens is 312 g/mol. The van der Waals surface area contributed by atoms with Gasteiger partial charge in [-0.2, -0.15) is 0 Å². The second-order valence-electron chi connectivity index (χ2n) is 5.92. The highest BCUT2D eigenvalue weighted by Crippen LogP contribution is 2.22. The van der Waals surface area contributed by atoms with Crippen molar-refractivity contribution in [1.82, 2.24) is 0 Å². The molecule has 3 nitrogen and oxygen atoms in total. The quantitative estimate of drug-likeness (QED) is 0.581. The van der Waals surface area contributed by atoms with E-state index in [2.05, 4.69) is 12.1 Å². The number of carbonyl (C=O) groups excluding carboxylic acids is 1. The van der Waals surface area contributed by atoms with Crippen LogP contribution in [0.3, 0.4) is 0 Å². The van der Waals surface area contributed by atoms with Gasteiger partial charge in [-0.3, -0.25) is 0 Å². The molecule has 3 aromatic rings. The lowest BCUT2D eigenvalue weighted by molar-refractivity contribution is 0.0524. The van der Waals surface area contributed by atoms with Gasteiger partial charge in [0.05, 0.1) is 6.61 Å². The van der Waals surface area contributed by atoms with Crippen LogP contribution in [-0.2, 0) is 24.0 Å². The average Bonchev–Trinajstić information content (AvgIpc) is 3.05. The molecule has 1 aromatic heterocycles. The lowest BCUT2D eigenvalue weighted by Crippen LogP contribution is -2.06. The molecule has 1 heterocycles. The van der Waals surface area contributed by atoms with Gasteiger partial charge in [-0.25, -0.2) is 4.79 Å². The van der Waals surface area contributed by atoms with Gasteiger partial charge in [-0.1, -0.05) is 60.7 Å². The van der Waals surface area contributed by atoms with Crippen molar-refractivity contribution in [3.63, 3.8) is 0 Å². The van der Waals surface area contributed by atoms with Crippen molar-refractivity contribution < 1.29 is 13.9 Å². The molecule has 0 bridgehead atoms. The lowest BCUT2D eigenvalue weighted by Gasteiger charge is -2.03. The van der Waals surface area contributed by atoms with Crippen LogP contribution in [0.5, 0.6) is 0 Å². The molecule has 0 fully saturated rings. The zero-order valence-corrected chi connectivity index (χ0v) is 14.4. The van der Waals surface area contributed by atoms with E-state index in [0.29, 0.717) is 24.4 Å². The lowest BCUT2D eigenvalue weighted by atomic mass is 10.1. The third-order valence-electron chi connectivity index (χ3n) is 4.07. The summed E-state index contributed by atoms with van der Waals surface area (Å²) >= 11 is 0. The first kappa shape index (κ1) is 17.0. The maximum Gasteiger partial charge on any atom is 0.341 e. The predicted molar refractivity (Wildman–Crippen MR) is 97.8 cm³/mol. The number of aryl methyl sites for hydroxylation is 2. The Kier molecular flexibility index (Phi) is 5.68. The van der Waals surface area contributed by atoms with Crippen molar-refractivity contribution in [3.05, 3.63) is 94.9 Å². The Morgan fingerprint density at radius 2 is 1.56 bits per heavy atom. The molecular formula is C22H22O3. The van der Waals surface area contributed by atoms with Gasteiger partial charge >= 0.3 is 5.97 Å². The number of rotatable bonds is 7. The first-order valence-corrected chi connectivity index (χ1v) is 8.63. The minimum atomic E-state index is -0.317. The van der Waals surface area contributed by atoms with Gasteiger partial charge in [0.15, 0.2) is 0 Å². The third kappa shape index (κ3) is 4.60. The summed E-state index contributed by atoms with van der Waals surface area (Å²) in [5, 5.41) is 0. The Labute approximate surface area is 148 Å². The van der Waals surface area contributed by atoms with Gasteiger partial charge in [-0.05, 0) is 30.5 Å². The van der Waals surface area contributed by atoms with E-state index in [4.69, 9.17) is 9.15 Å². The molecule has 0 unspecified atom stereocenters. The largest absolute Gasteiger partial charge is 0.465 e. The summed E-state index contributed by atoms with van der Waals surface area (Å²) in [7, 11) is 0. The number of furan rings is 1. The van der Waals surface area contributed by atoms with E-state index in [1.165, 1.54) is 5.56 Å². The summed E-state index contributed by atoms with van der Waals surface area (Å²) in [5.41, 5.74) is 2.90. The number of benzene rings is 2. The highest BCUT2D eigenvalue weighted by atomic mass is 16.5. The van der Waals surface area contributed by atoms with E-state index in [9.17, 15) is 4.79 Å². The molecule has 3 heteroatoms. The molecule has 2 aromatic carbocycles. The van der Waals surface area contributed by atoms with Crippen molar-refractivity contribution in [3.8, 4) is 0 Å². The van der Waals surface area contributed by atoms with Crippen molar-refractivity contribution in [2.75, 3.05) is 6.61 Å². The zero-order chi connectivity index (χ0) is 17.5. The van der Waals surface area contributed by atoms with Gasteiger partial charge < -0.3 is 9.15 Å². The summed E-state index contributed by atoms with van der Waals surface area (Å²) in [6.45, 7) is 2.17. The molecule has 128 valence electrons. The van der Waals surface area contributed by atoms with E-state index in [1.807, 2.05) is 61.5 Å². The van der Waals surface area contributed by atoms with Crippen LogP contribution in [0.1, 0.15) is 39.9 Å². The first-order valence-electron chi connectivity index (χ1n) is 8.63. The van der Waals surface area contributed by atoms with Gasteiger partial charge in [0.1, 0.15) is 17.1 Å². The second-order valence-corrected chi connectivity index (χ2v) is 5.92. The summed E-state index contributed by atoms with van der Waals surface area (Å²) in [6, 6.07) is 22.1. The van der Waals surface area contributed by atoms with Gasteiger partial charge in [0.25, 0.3) is 0 Å². The van der Waals surface area contributed by atoms with Crippen LogP contribution in [0.4, 0.5) is 0 Å². The normalized spacial score (nSPS) is 10.6. The van der Waals surface area contributed by atoms with Crippen molar-refractivity contribution >= 4 is 5.97 Å². The van der Waals surface area contributed by atoms with Crippen molar-refractivity contribution in [2.24, 2.45) is 0 Å². The molecule has 0 amide bonds. The number of esters is 1. The highest BCUT2D eigenvalue weighted by Gasteiger charge is 2.19. The Morgan fingerprint density at radius 1 is 0.920 bits per heavy atom. The highest BCUT2D eigenvalue weighted by molar-refractivity contribution is 5.90. The molecule has 0 saturated carbocycles. The SMILES string of the molecule is CCOC(=O)c1cc(CCc2ccccc2)oc1Cc1ccccc1. The summed E-state index contributed by atoms with van der Waals surface area (Å²) in [4.78, 5) is 12.3. The second kappa shape index (κ2) is 8.34. The summed E-state index contributed by atoms with van der Waals surface area (Å²) in [5.74, 6) is 1.17. The van der Waals surface area contributed by atoms with Crippen LogP contribution < -0.4 is 0 Å². The molecule has 0 aliphatic rings. The summed E-state index contributed by atoms with van der Waals surface area (Å²) < 4.78 is 11.2. The van der Waals surface area contributed by atoms with Gasteiger partial charge in [-0.15, -0.1) is 0 Å². The van der Waals surface area contributed by atoms with Gasteiger partial charge in [0, 0.05) is 12.8 Å². The van der Waals surface area contributed by atoms with Crippen LogP contribution in [-0.4, -0.2) is 12.6 Å². The number of ether oxygens (including phenoxy) is 1. The topological polar surface area (TPSA) is 39.4 Å². The molecule has 0 radical (unpaired) electrons. The molecule has 0 aliphatic heterocycles. The fourth-order valence-corrected chi connectivity index (χ4v) is 2.81. The fraction of sp³-hybridized carbons (Fsp3) is 0.227. The van der Waals surface area contributed by atoms with Crippen LogP contribution in [0, 0.1) is 0 Å². The number of hydrogen-bond donors (Lipinski definition) is 0. The Balaban J connectivity index is 1.79. The summed E-state index contributed by atoms with van der Waals surface area (Å²) in [6.07, 6.45) is 2.22. The fourth-order valence-electron chi connectivity index (χ4n) is 2.81. The third-order valence-corrected chi connectivity index (χ3v) is 4.07. The van der Waals surface area contributed by atoms with Gasteiger partial charge in [0.2, 0.25) is 0 Å². The monoisotopic (exact) mass is 334 g/mol. The van der Waals surface area contributed by atoms with E-state index >= 15 is 0 Å². The van der Waals surface area contributed by atoms with Crippen molar-refractivity contribution in [1.29, 1.82) is 0 Å². The van der Waals surface area contributed by atoms with E-state index in [1.54, 1.807) is 0 Å². The molecule has 25 heavy (non-hydrogen) atoms. The first-order chi connectivity index (χ1) is 12.3. The van der Waals surface area contributed by atoms with E-state index < -0.39 is 0 Å². The number of carbonyl (C=O) groups is 1. The molecule has 0 spiro atoms. The van der Waals surface area contributed by atoms with Crippen LogP contribution in [0.2, 0.25) is 0 Å². The minimum Gasteiger partial charge on any atom is -0.465 e. The molecule has 0 N–H and O–H groups in total. The van der Waals surface area contributed by atoms with Crippen LogP contribution >= 0.6 is 0 Å². The Hall–Kier alpha value is -2.81. The Morgan fingerprint density at radius 3 is 2.20 bits per heavy atom. The van der Waals surface area contributed by atoms with E-state index in [0.717, 1.165) is 24.2 Å². The average molecular weight is 334 g/mol. The predicted octanol–water partition coefficient (Wildman–Crippen LogP) is 4.83. The maximum absolute atomic E-state index is 12.3.